The lowest BCUT2D eigenvalue weighted by atomic mass is 9.63. The van der Waals surface area contributed by atoms with Gasteiger partial charge in [0.25, 0.3) is 0 Å². The Bertz CT molecular complexity index is 416. The van der Waals surface area contributed by atoms with Crippen LogP contribution in [0.5, 0.6) is 0 Å². The van der Waals surface area contributed by atoms with E-state index >= 15 is 0 Å². The second-order valence-electron chi connectivity index (χ2n) is 9.91. The Morgan fingerprint density at radius 2 is 1.88 bits per heavy atom. The summed E-state index contributed by atoms with van der Waals surface area (Å²) in [4.78, 5) is 13.0. The number of hydrogen-bond donors (Lipinski definition) is 2. The fourth-order valence-electron chi connectivity index (χ4n) is 5.56. The van der Waals surface area contributed by atoms with Crippen LogP contribution < -0.4 is 11.1 Å². The Hall–Kier alpha value is -0.610. The molecule has 4 nitrogen and oxygen atoms in total. The van der Waals surface area contributed by atoms with Crippen LogP contribution in [0.2, 0.25) is 0 Å². The van der Waals surface area contributed by atoms with E-state index in [9.17, 15) is 4.79 Å². The predicted octanol–water partition coefficient (Wildman–Crippen LogP) is 3.40. The molecule has 0 spiro atoms. The number of nitrogens with one attached hydrogen (secondary N) is 1. The minimum atomic E-state index is -0.0292. The third-order valence-corrected chi connectivity index (χ3v) is 6.46. The fraction of sp³-hybridized carbons (Fsp3) is 0.952. The van der Waals surface area contributed by atoms with Crippen molar-refractivity contribution in [1.29, 1.82) is 0 Å². The molecular formula is C21H41N3O. The lowest BCUT2D eigenvalue weighted by molar-refractivity contribution is -0.111. The number of fused-ring (bicyclic) bond motifs is 2. The van der Waals surface area contributed by atoms with Gasteiger partial charge in [-0.25, -0.2) is 0 Å². The summed E-state index contributed by atoms with van der Waals surface area (Å²) >= 11 is 0. The molecule has 6 unspecified atom stereocenters. The molecule has 25 heavy (non-hydrogen) atoms. The minimum Gasteiger partial charge on any atom is -0.355 e. The molecule has 2 saturated carbocycles. The molecule has 1 aliphatic heterocycles. The molecule has 2 bridgehead atoms. The lowest BCUT2D eigenvalue weighted by Crippen LogP contribution is -2.48. The smallest absolute Gasteiger partial charge is 0.207 e. The zero-order valence-electron chi connectivity index (χ0n) is 17.1. The summed E-state index contributed by atoms with van der Waals surface area (Å²) in [6.07, 6.45) is 8.96. The van der Waals surface area contributed by atoms with Crippen molar-refractivity contribution in [3.8, 4) is 0 Å². The summed E-state index contributed by atoms with van der Waals surface area (Å²) in [5.41, 5.74) is 5.91. The first kappa shape index (κ1) is 20.7. The molecule has 3 rings (SSSR count). The Morgan fingerprint density at radius 1 is 1.16 bits per heavy atom. The van der Waals surface area contributed by atoms with E-state index in [4.69, 9.17) is 5.73 Å². The van der Waals surface area contributed by atoms with E-state index in [1.165, 1.54) is 45.1 Å². The molecule has 4 heteroatoms. The van der Waals surface area contributed by atoms with Crippen molar-refractivity contribution in [1.82, 2.24) is 10.2 Å². The number of carbonyl (C=O) groups is 1. The summed E-state index contributed by atoms with van der Waals surface area (Å²) in [6, 6.07) is 1.20. The maximum Gasteiger partial charge on any atom is 0.207 e. The highest BCUT2D eigenvalue weighted by Crippen LogP contribution is 2.44. The van der Waals surface area contributed by atoms with Crippen LogP contribution in [0.25, 0.3) is 0 Å². The summed E-state index contributed by atoms with van der Waals surface area (Å²) in [7, 11) is 0. The van der Waals surface area contributed by atoms with Crippen molar-refractivity contribution < 1.29 is 4.79 Å². The molecule has 0 aromatic carbocycles. The largest absolute Gasteiger partial charge is 0.355 e. The third kappa shape index (κ3) is 6.25. The monoisotopic (exact) mass is 351 g/mol. The summed E-state index contributed by atoms with van der Waals surface area (Å²) in [5, 5.41) is 3.03. The molecule has 1 heterocycles. The zero-order chi connectivity index (χ0) is 18.6. The highest BCUT2D eigenvalue weighted by Gasteiger charge is 2.39. The van der Waals surface area contributed by atoms with Crippen molar-refractivity contribution in [3.05, 3.63) is 0 Å². The Morgan fingerprint density at radius 3 is 2.44 bits per heavy atom. The van der Waals surface area contributed by atoms with Gasteiger partial charge in [0.05, 0.1) is 0 Å². The number of nitrogens with zero attached hydrogens (tertiary/aromatic N) is 1. The van der Waals surface area contributed by atoms with Crippen molar-refractivity contribution in [2.45, 2.75) is 90.8 Å². The first-order valence-corrected chi connectivity index (χ1v) is 10.4. The minimum absolute atomic E-state index is 0.0292. The number of hydrogen-bond acceptors (Lipinski definition) is 3. The zero-order valence-corrected chi connectivity index (χ0v) is 17.1. The fourth-order valence-corrected chi connectivity index (χ4v) is 5.56. The van der Waals surface area contributed by atoms with E-state index < -0.39 is 0 Å². The summed E-state index contributed by atoms with van der Waals surface area (Å²) in [6.45, 7) is 13.4. The van der Waals surface area contributed by atoms with Crippen LogP contribution in [0, 0.1) is 23.7 Å². The number of nitrogens with two attached hydrogens (primary N) is 1. The van der Waals surface area contributed by atoms with E-state index in [0.717, 1.165) is 36.8 Å². The van der Waals surface area contributed by atoms with Crippen LogP contribution in [0.4, 0.5) is 0 Å². The van der Waals surface area contributed by atoms with Crippen molar-refractivity contribution in [2.75, 3.05) is 13.1 Å². The van der Waals surface area contributed by atoms with Crippen LogP contribution in [0.1, 0.15) is 73.1 Å². The molecule has 146 valence electrons. The number of carbonyl (C=O) groups excluding carboxylic acids is 1. The van der Waals surface area contributed by atoms with Crippen LogP contribution >= 0.6 is 0 Å². The van der Waals surface area contributed by atoms with Gasteiger partial charge in [-0.1, -0.05) is 13.8 Å². The molecule has 3 aliphatic rings. The van der Waals surface area contributed by atoms with Gasteiger partial charge in [0.1, 0.15) is 0 Å². The SMILES string of the molecule is CC1CC2CC(C)C(NC=O)C(C1)C2.CC1CCCN1CC(C)(C)N. The molecule has 3 N–H and O–H groups in total. The van der Waals surface area contributed by atoms with Crippen LogP contribution in [-0.4, -0.2) is 42.0 Å². The number of amides is 1. The van der Waals surface area contributed by atoms with Gasteiger partial charge in [0.15, 0.2) is 0 Å². The number of likely N-dealkylation sites (tertiary alicyclic amines) is 1. The Balaban J connectivity index is 0.000000186. The maximum atomic E-state index is 10.6. The highest BCUT2D eigenvalue weighted by molar-refractivity contribution is 5.47. The maximum absolute atomic E-state index is 10.6. The third-order valence-electron chi connectivity index (χ3n) is 6.46. The van der Waals surface area contributed by atoms with Crippen molar-refractivity contribution in [2.24, 2.45) is 29.4 Å². The average Bonchev–Trinajstić information content (AvgIpc) is 2.87. The lowest BCUT2D eigenvalue weighted by Gasteiger charge is -2.46. The van der Waals surface area contributed by atoms with E-state index in [1.807, 2.05) is 0 Å². The van der Waals surface area contributed by atoms with E-state index in [0.29, 0.717) is 12.0 Å². The Labute approximate surface area is 155 Å². The van der Waals surface area contributed by atoms with Crippen LogP contribution in [0.3, 0.4) is 0 Å². The predicted molar refractivity (Wildman–Crippen MR) is 105 cm³/mol. The summed E-state index contributed by atoms with van der Waals surface area (Å²) < 4.78 is 0. The molecule has 3 fully saturated rings. The van der Waals surface area contributed by atoms with E-state index in [-0.39, 0.29) is 5.54 Å². The first-order chi connectivity index (χ1) is 11.7. The van der Waals surface area contributed by atoms with Crippen molar-refractivity contribution in [3.63, 3.8) is 0 Å². The van der Waals surface area contributed by atoms with Gasteiger partial charge < -0.3 is 11.1 Å². The van der Waals surface area contributed by atoms with E-state index in [1.54, 1.807) is 0 Å². The molecule has 1 saturated heterocycles. The van der Waals surface area contributed by atoms with Crippen molar-refractivity contribution >= 4 is 6.41 Å². The van der Waals surface area contributed by atoms with Gasteiger partial charge >= 0.3 is 0 Å². The number of rotatable bonds is 4. The molecule has 0 aromatic rings. The Kier molecular flexibility index (Phi) is 7.33. The molecule has 0 aromatic heterocycles. The molecular weight excluding hydrogens is 310 g/mol. The van der Waals surface area contributed by atoms with Gasteiger partial charge in [-0.2, -0.15) is 0 Å². The van der Waals surface area contributed by atoms with Gasteiger partial charge in [-0.15, -0.1) is 0 Å². The average molecular weight is 352 g/mol. The molecule has 0 radical (unpaired) electrons. The van der Waals surface area contributed by atoms with Crippen LogP contribution in [0.15, 0.2) is 0 Å². The van der Waals surface area contributed by atoms with Gasteiger partial charge in [-0.3, -0.25) is 9.69 Å². The first-order valence-electron chi connectivity index (χ1n) is 10.4. The van der Waals surface area contributed by atoms with E-state index in [2.05, 4.69) is 44.8 Å². The standard InChI is InChI=1S/C12H21NO.C9H20N2/c1-8-3-10-5-9(2)12(13-7-14)11(4-8)6-10;1-8-5-4-6-11(8)7-9(2,3)10/h7-12H,3-6H2,1-2H3,(H,13,14);8H,4-7,10H2,1-3H3. The summed E-state index contributed by atoms with van der Waals surface area (Å²) in [5.74, 6) is 3.22. The van der Waals surface area contributed by atoms with Gasteiger partial charge in [0.2, 0.25) is 6.41 Å². The topological polar surface area (TPSA) is 58.4 Å². The van der Waals surface area contributed by atoms with Crippen LogP contribution in [-0.2, 0) is 4.79 Å². The molecule has 6 atom stereocenters. The van der Waals surface area contributed by atoms with Gasteiger partial charge in [-0.05, 0) is 89.5 Å². The normalized spacial score (nSPS) is 38.6. The molecule has 2 aliphatic carbocycles. The molecule has 1 amide bonds. The van der Waals surface area contributed by atoms with Gasteiger partial charge in [0, 0.05) is 24.2 Å². The quantitative estimate of drug-likeness (QED) is 0.763. The second-order valence-corrected chi connectivity index (χ2v) is 9.91. The highest BCUT2D eigenvalue weighted by atomic mass is 16.1. The second kappa shape index (κ2) is 8.85.